The van der Waals surface area contributed by atoms with Gasteiger partial charge in [-0.25, -0.2) is 17.9 Å². The zero-order valence-electron chi connectivity index (χ0n) is 12.1. The van der Waals surface area contributed by atoms with Crippen LogP contribution < -0.4 is 10.0 Å². The number of sulfonamides is 1. The summed E-state index contributed by atoms with van der Waals surface area (Å²) in [5.74, 6) is 0. The first kappa shape index (κ1) is 17.9. The lowest BCUT2D eigenvalue weighted by Gasteiger charge is -2.19. The summed E-state index contributed by atoms with van der Waals surface area (Å²) < 4.78 is 32.1. The number of amides is 1. The van der Waals surface area contributed by atoms with Crippen LogP contribution in [0, 0.1) is 0 Å². The highest BCUT2D eigenvalue weighted by molar-refractivity contribution is 9.10. The Kier molecular flexibility index (Phi) is 6.18. The van der Waals surface area contributed by atoms with Crippen LogP contribution in [-0.4, -0.2) is 33.2 Å². The van der Waals surface area contributed by atoms with Gasteiger partial charge in [0, 0.05) is 17.6 Å². The van der Waals surface area contributed by atoms with Gasteiger partial charge in [0.05, 0.1) is 4.90 Å². The predicted octanol–water partition coefficient (Wildman–Crippen LogP) is 2.25. The highest BCUT2D eigenvalue weighted by atomic mass is 79.9. The van der Waals surface area contributed by atoms with E-state index in [2.05, 4.69) is 26.0 Å². The topological polar surface area (TPSA) is 84.5 Å². The molecule has 1 aromatic rings. The number of halogens is 1. The molecule has 8 heteroatoms. The summed E-state index contributed by atoms with van der Waals surface area (Å²) >= 11 is 3.24. The van der Waals surface area contributed by atoms with Gasteiger partial charge in [0.1, 0.15) is 5.60 Å². The Hall–Kier alpha value is -1.12. The molecule has 21 heavy (non-hydrogen) atoms. The molecule has 0 aliphatic rings. The summed E-state index contributed by atoms with van der Waals surface area (Å²) in [5.41, 5.74) is -0.582. The molecule has 1 aromatic carbocycles. The maximum absolute atomic E-state index is 11.9. The first-order valence-corrected chi connectivity index (χ1v) is 8.60. The van der Waals surface area contributed by atoms with Crippen LogP contribution in [0.25, 0.3) is 0 Å². The summed E-state index contributed by atoms with van der Waals surface area (Å²) in [6, 6.07) is 6.28. The van der Waals surface area contributed by atoms with Gasteiger partial charge in [-0.3, -0.25) is 0 Å². The van der Waals surface area contributed by atoms with Crippen LogP contribution in [0.1, 0.15) is 20.8 Å². The zero-order valence-corrected chi connectivity index (χ0v) is 14.5. The molecule has 6 nitrogen and oxygen atoms in total. The Labute approximate surface area is 133 Å². The second-order valence-electron chi connectivity index (χ2n) is 5.28. The van der Waals surface area contributed by atoms with Gasteiger partial charge in [-0.15, -0.1) is 0 Å². The van der Waals surface area contributed by atoms with Gasteiger partial charge in [-0.1, -0.05) is 15.9 Å². The molecule has 0 radical (unpaired) electrons. The third-order valence-corrected chi connectivity index (χ3v) is 4.21. The fourth-order valence-corrected chi connectivity index (χ4v) is 2.66. The number of rotatable bonds is 5. The third-order valence-electron chi connectivity index (χ3n) is 2.21. The molecule has 0 aliphatic heterocycles. The molecule has 0 aliphatic carbocycles. The lowest BCUT2D eigenvalue weighted by Crippen LogP contribution is -2.37. The smallest absolute Gasteiger partial charge is 0.407 e. The van der Waals surface area contributed by atoms with Gasteiger partial charge in [-0.05, 0) is 45.0 Å². The molecule has 0 aromatic heterocycles. The third kappa shape index (κ3) is 6.92. The van der Waals surface area contributed by atoms with Crippen LogP contribution in [0.4, 0.5) is 4.79 Å². The van der Waals surface area contributed by atoms with E-state index >= 15 is 0 Å². The summed E-state index contributed by atoms with van der Waals surface area (Å²) in [7, 11) is -3.57. The lowest BCUT2D eigenvalue weighted by atomic mass is 10.2. The van der Waals surface area contributed by atoms with Crippen molar-refractivity contribution in [3.05, 3.63) is 28.7 Å². The molecule has 1 amide bonds. The molecule has 0 bridgehead atoms. The quantitative estimate of drug-likeness (QED) is 0.769. The maximum Gasteiger partial charge on any atom is 0.407 e. The van der Waals surface area contributed by atoms with E-state index in [1.54, 1.807) is 32.9 Å². The van der Waals surface area contributed by atoms with E-state index in [9.17, 15) is 13.2 Å². The largest absolute Gasteiger partial charge is 0.444 e. The number of ether oxygens (including phenoxy) is 1. The molecule has 0 saturated heterocycles. The molecular weight excluding hydrogens is 360 g/mol. The normalized spacial score (nSPS) is 12.0. The van der Waals surface area contributed by atoms with E-state index in [1.807, 2.05) is 0 Å². The standard InChI is InChI=1S/C13H19BrN2O4S/c1-13(2,3)20-12(17)15-8-9-16-21(18,19)11-6-4-10(14)5-7-11/h4-7,16H,8-9H2,1-3H3,(H,15,17). The maximum atomic E-state index is 11.9. The summed E-state index contributed by atoms with van der Waals surface area (Å²) in [4.78, 5) is 11.5. The molecule has 118 valence electrons. The fraction of sp³-hybridized carbons (Fsp3) is 0.462. The Morgan fingerprint density at radius 3 is 2.29 bits per heavy atom. The minimum absolute atomic E-state index is 0.0810. The van der Waals surface area contributed by atoms with Gasteiger partial charge in [0.15, 0.2) is 0 Å². The highest BCUT2D eigenvalue weighted by Crippen LogP contribution is 2.14. The van der Waals surface area contributed by atoms with Crippen LogP contribution in [-0.2, 0) is 14.8 Å². The van der Waals surface area contributed by atoms with Crippen molar-refractivity contribution < 1.29 is 17.9 Å². The number of carbonyl (C=O) groups is 1. The first-order valence-electron chi connectivity index (χ1n) is 6.32. The second-order valence-corrected chi connectivity index (χ2v) is 7.96. The Morgan fingerprint density at radius 2 is 1.76 bits per heavy atom. The Balaban J connectivity index is 2.41. The minimum Gasteiger partial charge on any atom is -0.444 e. The van der Waals surface area contributed by atoms with Crippen molar-refractivity contribution in [1.29, 1.82) is 0 Å². The Bertz CT molecular complexity index is 579. The zero-order chi connectivity index (χ0) is 16.1. The molecule has 1 rings (SSSR count). The fourth-order valence-electron chi connectivity index (χ4n) is 1.36. The Morgan fingerprint density at radius 1 is 1.19 bits per heavy atom. The van der Waals surface area contributed by atoms with E-state index in [4.69, 9.17) is 4.74 Å². The van der Waals surface area contributed by atoms with Crippen molar-refractivity contribution in [3.8, 4) is 0 Å². The van der Waals surface area contributed by atoms with Gasteiger partial charge in [0.25, 0.3) is 0 Å². The molecule has 0 fully saturated rings. The van der Waals surface area contributed by atoms with Crippen molar-refractivity contribution >= 4 is 32.0 Å². The minimum atomic E-state index is -3.57. The van der Waals surface area contributed by atoms with Crippen LogP contribution in [0.5, 0.6) is 0 Å². The number of hydrogen-bond donors (Lipinski definition) is 2. The molecular formula is C13H19BrN2O4S. The lowest BCUT2D eigenvalue weighted by molar-refractivity contribution is 0.0529. The van der Waals surface area contributed by atoms with Crippen LogP contribution in [0.2, 0.25) is 0 Å². The molecule has 0 unspecified atom stereocenters. The number of benzene rings is 1. The van der Waals surface area contributed by atoms with Gasteiger partial charge in [0.2, 0.25) is 10.0 Å². The van der Waals surface area contributed by atoms with Crippen molar-refractivity contribution in [2.24, 2.45) is 0 Å². The van der Waals surface area contributed by atoms with E-state index in [1.165, 1.54) is 12.1 Å². The summed E-state index contributed by atoms with van der Waals surface area (Å²) in [5, 5.41) is 2.48. The van der Waals surface area contributed by atoms with Crippen LogP contribution >= 0.6 is 15.9 Å². The predicted molar refractivity (Wildman–Crippen MR) is 83.6 cm³/mol. The van der Waals surface area contributed by atoms with Crippen LogP contribution in [0.3, 0.4) is 0 Å². The van der Waals surface area contributed by atoms with Crippen molar-refractivity contribution in [2.45, 2.75) is 31.3 Å². The number of carbonyl (C=O) groups excluding carboxylic acids is 1. The summed E-state index contributed by atoms with van der Waals surface area (Å²) in [6.45, 7) is 5.48. The first-order chi connectivity index (χ1) is 9.60. The van der Waals surface area contributed by atoms with E-state index < -0.39 is 21.7 Å². The van der Waals surface area contributed by atoms with E-state index in [-0.39, 0.29) is 18.0 Å². The average Bonchev–Trinajstić information content (AvgIpc) is 2.33. The van der Waals surface area contributed by atoms with E-state index in [0.717, 1.165) is 4.47 Å². The van der Waals surface area contributed by atoms with Gasteiger partial charge < -0.3 is 10.1 Å². The molecule has 2 N–H and O–H groups in total. The molecule has 0 heterocycles. The monoisotopic (exact) mass is 378 g/mol. The van der Waals surface area contributed by atoms with Crippen molar-refractivity contribution in [1.82, 2.24) is 10.0 Å². The van der Waals surface area contributed by atoms with Gasteiger partial charge >= 0.3 is 6.09 Å². The van der Waals surface area contributed by atoms with Crippen molar-refractivity contribution in [2.75, 3.05) is 13.1 Å². The highest BCUT2D eigenvalue weighted by Gasteiger charge is 2.16. The number of alkyl carbamates (subject to hydrolysis) is 1. The summed E-state index contributed by atoms with van der Waals surface area (Å²) in [6.07, 6.45) is -0.578. The van der Waals surface area contributed by atoms with Crippen LogP contribution in [0.15, 0.2) is 33.6 Å². The number of hydrogen-bond acceptors (Lipinski definition) is 4. The van der Waals surface area contributed by atoms with Gasteiger partial charge in [-0.2, -0.15) is 0 Å². The molecule has 0 atom stereocenters. The molecule has 0 spiro atoms. The average molecular weight is 379 g/mol. The SMILES string of the molecule is CC(C)(C)OC(=O)NCCNS(=O)(=O)c1ccc(Br)cc1. The van der Waals surface area contributed by atoms with E-state index in [0.29, 0.717) is 0 Å². The molecule has 0 saturated carbocycles. The van der Waals surface area contributed by atoms with Crippen molar-refractivity contribution in [3.63, 3.8) is 0 Å². The second kappa shape index (κ2) is 7.24. The number of nitrogens with one attached hydrogen (secondary N) is 2.